The largest absolute Gasteiger partial charge is 0.508 e. The van der Waals surface area contributed by atoms with Crippen LogP contribution in [0.1, 0.15) is 16.7 Å². The number of hydrogen-bond acceptors (Lipinski definition) is 13. The first-order chi connectivity index (χ1) is 24.2. The number of benzene rings is 3. The molecule has 0 spiro atoms. The summed E-state index contributed by atoms with van der Waals surface area (Å²) < 4.78 is 16.9. The van der Waals surface area contributed by atoms with Crippen molar-refractivity contribution in [3.05, 3.63) is 81.5 Å². The molecule has 51 heavy (non-hydrogen) atoms. The Morgan fingerprint density at radius 3 is 2.49 bits per heavy atom. The van der Waals surface area contributed by atoms with Crippen molar-refractivity contribution < 1.29 is 54.4 Å². The fourth-order valence-corrected chi connectivity index (χ4v) is 6.51. The van der Waals surface area contributed by atoms with E-state index in [4.69, 9.17) is 25.4 Å². The van der Waals surface area contributed by atoms with E-state index in [2.05, 4.69) is 10.3 Å². The number of guanidine groups is 1. The van der Waals surface area contributed by atoms with Gasteiger partial charge in [-0.1, -0.05) is 30.3 Å². The van der Waals surface area contributed by atoms with Crippen LogP contribution in [-0.2, 0) is 16.0 Å². The van der Waals surface area contributed by atoms with Crippen LogP contribution in [0, 0.1) is 5.92 Å². The number of phenols is 3. The van der Waals surface area contributed by atoms with Gasteiger partial charge in [-0.15, -0.1) is 0 Å². The average Bonchev–Trinajstić information content (AvgIpc) is 3.09. The van der Waals surface area contributed by atoms with Gasteiger partial charge in [0.25, 0.3) is 0 Å². The molecule has 3 aromatic carbocycles. The van der Waals surface area contributed by atoms with Crippen LogP contribution in [0.15, 0.2) is 68.8 Å². The molecule has 1 aliphatic heterocycles. The van der Waals surface area contributed by atoms with Crippen LogP contribution in [-0.4, -0.2) is 98.0 Å². The second-order valence-electron chi connectivity index (χ2n) is 12.4. The predicted molar refractivity (Wildman–Crippen MR) is 183 cm³/mol. The number of aromatic hydroxyl groups is 3. The molecule has 2 aliphatic rings. The Morgan fingerprint density at radius 1 is 1.04 bits per heavy atom. The molecular weight excluding hydrogens is 668 g/mol. The summed E-state index contributed by atoms with van der Waals surface area (Å²) in [6, 6.07) is 14.6. The van der Waals surface area contributed by atoms with E-state index in [0.717, 1.165) is 28.8 Å². The highest BCUT2D eigenvalue weighted by Crippen LogP contribution is 2.45. The Balaban J connectivity index is 1.45. The number of nitrogens with two attached hydrogens (primary N) is 2. The average molecular weight is 705 g/mol. The molecule has 16 nitrogen and oxygen atoms in total. The number of fused-ring (bicyclic) bond motifs is 2. The maximum Gasteiger partial charge on any atom is 0.335 e. The van der Waals surface area contributed by atoms with Gasteiger partial charge >= 0.3 is 5.97 Å². The van der Waals surface area contributed by atoms with Gasteiger partial charge < -0.3 is 66.4 Å². The summed E-state index contributed by atoms with van der Waals surface area (Å²) in [6.45, 7) is -0.273. The van der Waals surface area contributed by atoms with Gasteiger partial charge in [-0.25, -0.2) is 4.79 Å². The number of rotatable bonds is 9. The first-order valence-corrected chi connectivity index (χ1v) is 15.7. The molecule has 2 heterocycles. The van der Waals surface area contributed by atoms with Crippen molar-refractivity contribution in [1.29, 1.82) is 0 Å². The van der Waals surface area contributed by atoms with Crippen LogP contribution >= 0.6 is 0 Å². The topological polar surface area (TPSA) is 284 Å². The molecule has 6 rings (SSSR count). The number of ether oxygens (including phenoxy) is 2. The van der Waals surface area contributed by atoms with Crippen LogP contribution in [0.4, 0.5) is 0 Å². The normalized spacial score (nSPS) is 24.4. The molecule has 1 aliphatic carbocycles. The van der Waals surface area contributed by atoms with E-state index in [1.54, 1.807) is 12.1 Å². The molecule has 0 amide bonds. The minimum absolute atomic E-state index is 0.0242. The maximum absolute atomic E-state index is 13.5. The van der Waals surface area contributed by atoms with Gasteiger partial charge in [0.2, 0.25) is 12.0 Å². The number of aliphatic carboxylic acids is 1. The van der Waals surface area contributed by atoms with Gasteiger partial charge in [0.1, 0.15) is 40.3 Å². The van der Waals surface area contributed by atoms with Crippen molar-refractivity contribution in [3.63, 3.8) is 0 Å². The maximum atomic E-state index is 13.5. The fourth-order valence-electron chi connectivity index (χ4n) is 6.51. The van der Waals surface area contributed by atoms with Crippen LogP contribution < -0.4 is 26.9 Å². The zero-order valence-electron chi connectivity index (χ0n) is 27.1. The molecule has 1 fully saturated rings. The Morgan fingerprint density at radius 2 is 1.78 bits per heavy atom. The summed E-state index contributed by atoms with van der Waals surface area (Å²) >= 11 is 0. The van der Waals surface area contributed by atoms with Crippen LogP contribution in [0.5, 0.6) is 23.0 Å². The number of phenolic OH excluding ortho intramolecular Hbond substituents is 3. The third-order valence-corrected chi connectivity index (χ3v) is 9.09. The molecule has 0 saturated carbocycles. The number of aliphatic hydroxyl groups is 3. The van der Waals surface area contributed by atoms with E-state index in [1.807, 2.05) is 37.4 Å². The molecule has 0 radical (unpaired) electrons. The summed E-state index contributed by atoms with van der Waals surface area (Å²) in [7, 11) is 1.83. The molecule has 6 atom stereocenters. The van der Waals surface area contributed by atoms with Gasteiger partial charge in [-0.3, -0.25) is 9.79 Å². The second kappa shape index (κ2) is 13.6. The van der Waals surface area contributed by atoms with Crippen LogP contribution in [0.25, 0.3) is 33.9 Å². The third-order valence-electron chi connectivity index (χ3n) is 9.09. The highest BCUT2D eigenvalue weighted by molar-refractivity contribution is 5.94. The monoisotopic (exact) mass is 704 g/mol. The Kier molecular flexibility index (Phi) is 9.37. The molecule has 4 aromatic rings. The van der Waals surface area contributed by atoms with E-state index >= 15 is 0 Å². The second-order valence-corrected chi connectivity index (χ2v) is 12.4. The van der Waals surface area contributed by atoms with Crippen molar-refractivity contribution in [1.82, 2.24) is 5.32 Å². The number of nitrogens with zero attached hydrogens (tertiary/aromatic N) is 1. The smallest absolute Gasteiger partial charge is 0.335 e. The fraction of sp³-hybridized carbons (Fsp3) is 0.286. The van der Waals surface area contributed by atoms with Gasteiger partial charge in [-0.05, 0) is 53.9 Å². The van der Waals surface area contributed by atoms with Crippen LogP contribution in [0.2, 0.25) is 0 Å². The molecular formula is C35H36N4O12. The Labute approximate surface area is 289 Å². The van der Waals surface area contributed by atoms with E-state index in [1.165, 1.54) is 6.07 Å². The van der Waals surface area contributed by atoms with Crippen molar-refractivity contribution in [2.24, 2.45) is 22.4 Å². The SMILES string of the molecule is CNCC1Cc2ccccc2C=C1c1cc(O)ccc1-c1cc(=O)c2c(O)c(O)c(OC3OC(C(=O)O)C(O)C(O)(CN=C(N)N)C3O)cc2o1. The summed E-state index contributed by atoms with van der Waals surface area (Å²) in [5.74, 6) is -4.95. The Bertz CT molecular complexity index is 2130. The number of aliphatic hydroxyl groups excluding tert-OH is 2. The van der Waals surface area contributed by atoms with E-state index in [-0.39, 0.29) is 23.0 Å². The van der Waals surface area contributed by atoms with Crippen molar-refractivity contribution in [3.8, 4) is 34.3 Å². The Hall–Kier alpha value is -5.65. The van der Waals surface area contributed by atoms with Gasteiger partial charge in [-0.2, -0.15) is 0 Å². The minimum atomic E-state index is -2.72. The van der Waals surface area contributed by atoms with E-state index in [9.17, 15) is 45.3 Å². The van der Waals surface area contributed by atoms with Gasteiger partial charge in [0, 0.05) is 30.2 Å². The quantitative estimate of drug-likeness (QED) is 0.0642. The van der Waals surface area contributed by atoms with Crippen LogP contribution in [0.3, 0.4) is 0 Å². The first kappa shape index (κ1) is 35.2. The number of aliphatic imine (C=N–C) groups is 1. The highest BCUT2D eigenvalue weighted by Gasteiger charge is 2.58. The predicted octanol–water partition coefficient (Wildman–Crippen LogP) is 0.424. The summed E-state index contributed by atoms with van der Waals surface area (Å²) in [5, 5.41) is 77.5. The number of carbonyl (C=O) groups is 1. The van der Waals surface area contributed by atoms with E-state index in [0.29, 0.717) is 24.1 Å². The highest BCUT2D eigenvalue weighted by atomic mass is 16.7. The standard InChI is InChI=1S/C35H36N4O12/c1-38-13-17-8-15-4-2-3-5-16(15)9-20(17)21-10-18(40)6-7-19(21)23-11-22(41)26-24(49-23)12-25(27(42)28(26)43)50-33-31(45)35(48,14-39-34(36)37)30(44)29(51-33)32(46)47/h2-7,9-12,17,29-31,33,38,40,42-45,48H,8,13-14H2,1H3,(H,46,47)(H4,36,37,39). The van der Waals surface area contributed by atoms with Crippen molar-refractivity contribution >= 4 is 34.5 Å². The lowest BCUT2D eigenvalue weighted by Gasteiger charge is -2.45. The zero-order valence-corrected chi connectivity index (χ0v) is 27.1. The van der Waals surface area contributed by atoms with Gasteiger partial charge in [0.15, 0.2) is 29.0 Å². The number of nitrogens with one attached hydrogen (secondary N) is 1. The molecule has 6 unspecified atom stereocenters. The number of carboxylic acid groups (broad SMARTS) is 1. The lowest BCUT2D eigenvalue weighted by molar-refractivity contribution is -0.303. The zero-order chi connectivity index (χ0) is 36.8. The third kappa shape index (κ3) is 6.42. The number of carboxylic acids is 1. The van der Waals surface area contributed by atoms with Gasteiger partial charge in [0.05, 0.1) is 6.54 Å². The lowest BCUT2D eigenvalue weighted by Crippen LogP contribution is -2.70. The summed E-state index contributed by atoms with van der Waals surface area (Å²) in [5.41, 5.74) is 10.9. The molecule has 0 bridgehead atoms. The summed E-state index contributed by atoms with van der Waals surface area (Å²) in [6.07, 6.45) is -6.02. The van der Waals surface area contributed by atoms with Crippen molar-refractivity contribution in [2.45, 2.75) is 36.6 Å². The minimum Gasteiger partial charge on any atom is -0.508 e. The summed E-state index contributed by atoms with van der Waals surface area (Å²) in [4.78, 5) is 29.0. The first-order valence-electron chi connectivity index (χ1n) is 15.7. The molecule has 1 saturated heterocycles. The molecule has 16 heteroatoms. The molecule has 268 valence electrons. The van der Waals surface area contributed by atoms with Crippen molar-refractivity contribution in [2.75, 3.05) is 20.1 Å². The number of hydrogen-bond donors (Lipinski definition) is 10. The molecule has 1 aromatic heterocycles. The lowest BCUT2D eigenvalue weighted by atomic mass is 9.79. The van der Waals surface area contributed by atoms with E-state index < -0.39 is 76.7 Å². The molecule has 12 N–H and O–H groups in total.